The molecule has 0 aliphatic carbocycles. The molecule has 2 rings (SSSR count). The highest BCUT2D eigenvalue weighted by Crippen LogP contribution is 2.36. The van der Waals surface area contributed by atoms with E-state index in [-0.39, 0.29) is 10.6 Å². The molecule has 0 spiro atoms. The Kier molecular flexibility index (Phi) is 8.34. The number of amides is 1. The highest BCUT2D eigenvalue weighted by atomic mass is 35.5. The van der Waals surface area contributed by atoms with Crippen molar-refractivity contribution in [3.05, 3.63) is 52.5 Å². The van der Waals surface area contributed by atoms with Crippen LogP contribution >= 0.6 is 11.6 Å². The Morgan fingerprint density at radius 3 is 2.55 bits per heavy atom. The van der Waals surface area contributed by atoms with E-state index in [9.17, 15) is 9.59 Å². The summed E-state index contributed by atoms with van der Waals surface area (Å²) in [5.41, 5.74) is 1.75. The second-order valence-electron chi connectivity index (χ2n) is 6.96. The Morgan fingerprint density at radius 2 is 1.90 bits per heavy atom. The van der Waals surface area contributed by atoms with E-state index in [0.29, 0.717) is 29.7 Å². The maximum atomic E-state index is 12.3. The van der Waals surface area contributed by atoms with Gasteiger partial charge in [0, 0.05) is 5.69 Å². The Bertz CT molecular complexity index is 866. The van der Waals surface area contributed by atoms with Crippen LogP contribution in [0, 0.1) is 12.8 Å². The quantitative estimate of drug-likeness (QED) is 0.586. The van der Waals surface area contributed by atoms with Crippen molar-refractivity contribution in [1.29, 1.82) is 0 Å². The number of ether oxygens (including phenoxy) is 3. The van der Waals surface area contributed by atoms with Gasteiger partial charge >= 0.3 is 5.97 Å². The van der Waals surface area contributed by atoms with Gasteiger partial charge in [-0.3, -0.25) is 4.79 Å². The van der Waals surface area contributed by atoms with Crippen molar-refractivity contribution in [2.24, 2.45) is 5.92 Å². The number of anilines is 1. The Labute approximate surface area is 176 Å². The van der Waals surface area contributed by atoms with Crippen molar-refractivity contribution in [3.8, 4) is 11.5 Å². The lowest BCUT2D eigenvalue weighted by Crippen LogP contribution is -2.21. The molecular formula is C22H26ClNO5. The van der Waals surface area contributed by atoms with Crippen molar-refractivity contribution >= 4 is 29.2 Å². The molecule has 0 aliphatic rings. The van der Waals surface area contributed by atoms with Gasteiger partial charge in [0.15, 0.2) is 18.1 Å². The van der Waals surface area contributed by atoms with E-state index in [1.54, 1.807) is 6.07 Å². The molecule has 7 heteroatoms. The molecule has 2 aromatic carbocycles. The lowest BCUT2D eigenvalue weighted by Gasteiger charge is -2.15. The average molecular weight is 420 g/mol. The molecule has 0 saturated heterocycles. The fraction of sp³-hybridized carbons (Fsp3) is 0.364. The largest absolute Gasteiger partial charge is 0.493 e. The first-order valence-corrected chi connectivity index (χ1v) is 9.72. The molecule has 0 heterocycles. The molecule has 0 radical (unpaired) electrons. The van der Waals surface area contributed by atoms with E-state index in [4.69, 9.17) is 25.8 Å². The monoisotopic (exact) mass is 419 g/mol. The zero-order valence-electron chi connectivity index (χ0n) is 17.1. The number of nitrogens with one attached hydrogen (secondary N) is 1. The Morgan fingerprint density at radius 1 is 1.17 bits per heavy atom. The van der Waals surface area contributed by atoms with Crippen LogP contribution in [0.15, 0.2) is 36.4 Å². The summed E-state index contributed by atoms with van der Waals surface area (Å²) in [6.45, 7) is 6.13. The van der Waals surface area contributed by atoms with Crippen LogP contribution < -0.4 is 14.8 Å². The number of carbonyl (C=O) groups is 2. The molecule has 1 amide bonds. The molecule has 0 aromatic heterocycles. The molecule has 29 heavy (non-hydrogen) atoms. The predicted octanol–water partition coefficient (Wildman–Crippen LogP) is 4.88. The van der Waals surface area contributed by atoms with Crippen molar-refractivity contribution in [2.75, 3.05) is 25.6 Å². The normalized spacial score (nSPS) is 10.6. The third-order valence-electron chi connectivity index (χ3n) is 4.16. The van der Waals surface area contributed by atoms with Gasteiger partial charge in [0.25, 0.3) is 5.91 Å². The van der Waals surface area contributed by atoms with Crippen molar-refractivity contribution in [3.63, 3.8) is 0 Å². The highest BCUT2D eigenvalue weighted by molar-refractivity contribution is 6.32. The molecule has 0 saturated carbocycles. The number of esters is 1. The standard InChI is InChI=1S/C22H26ClNO5/c1-14(2)9-10-28-21-17(23)11-16(12-19(21)27-4)22(26)29-13-20(25)24-18-8-6-5-7-15(18)3/h5-8,11-12,14H,9-10,13H2,1-4H3,(H,24,25). The number of carbonyl (C=O) groups excluding carboxylic acids is 2. The fourth-order valence-corrected chi connectivity index (χ4v) is 2.75. The first-order valence-electron chi connectivity index (χ1n) is 9.34. The summed E-state index contributed by atoms with van der Waals surface area (Å²) in [6.07, 6.45) is 0.860. The summed E-state index contributed by atoms with van der Waals surface area (Å²) in [5.74, 6) is 0.0827. The topological polar surface area (TPSA) is 73.9 Å². The summed E-state index contributed by atoms with van der Waals surface area (Å²) in [6, 6.07) is 10.3. The molecule has 1 N–H and O–H groups in total. The second kappa shape index (κ2) is 10.7. The number of aryl methyl sites for hydroxylation is 1. The zero-order chi connectivity index (χ0) is 21.4. The average Bonchev–Trinajstić information content (AvgIpc) is 2.68. The maximum Gasteiger partial charge on any atom is 0.338 e. The highest BCUT2D eigenvalue weighted by Gasteiger charge is 2.18. The van der Waals surface area contributed by atoms with Crippen LogP contribution in [-0.4, -0.2) is 32.2 Å². The lowest BCUT2D eigenvalue weighted by atomic mass is 10.1. The number of methoxy groups -OCH3 is 1. The Balaban J connectivity index is 2.00. The SMILES string of the molecule is COc1cc(C(=O)OCC(=O)Nc2ccccc2C)cc(Cl)c1OCCC(C)C. The molecule has 0 aliphatic heterocycles. The zero-order valence-corrected chi connectivity index (χ0v) is 17.8. The van der Waals surface area contributed by atoms with Crippen LogP contribution in [0.1, 0.15) is 36.2 Å². The number of hydrogen-bond acceptors (Lipinski definition) is 5. The van der Waals surface area contributed by atoms with E-state index in [0.717, 1.165) is 12.0 Å². The summed E-state index contributed by atoms with van der Waals surface area (Å²) < 4.78 is 16.1. The number of halogens is 1. The molecular weight excluding hydrogens is 394 g/mol. The molecule has 156 valence electrons. The van der Waals surface area contributed by atoms with Crippen LogP contribution in [0.4, 0.5) is 5.69 Å². The van der Waals surface area contributed by atoms with Gasteiger partial charge in [0.2, 0.25) is 0 Å². The van der Waals surface area contributed by atoms with Crippen LogP contribution in [0.5, 0.6) is 11.5 Å². The fourth-order valence-electron chi connectivity index (χ4n) is 2.49. The minimum absolute atomic E-state index is 0.173. The molecule has 0 fully saturated rings. The van der Waals surface area contributed by atoms with E-state index < -0.39 is 18.5 Å². The van der Waals surface area contributed by atoms with E-state index in [2.05, 4.69) is 19.2 Å². The number of para-hydroxylation sites is 1. The van der Waals surface area contributed by atoms with Crippen molar-refractivity contribution in [2.45, 2.75) is 27.2 Å². The summed E-state index contributed by atoms with van der Waals surface area (Å²) in [5, 5.41) is 2.95. The van der Waals surface area contributed by atoms with Gasteiger partial charge in [-0.25, -0.2) is 4.79 Å². The Hall–Kier alpha value is -2.73. The van der Waals surface area contributed by atoms with E-state index in [1.165, 1.54) is 19.2 Å². The second-order valence-corrected chi connectivity index (χ2v) is 7.37. The van der Waals surface area contributed by atoms with Gasteiger partial charge in [0.05, 0.1) is 24.3 Å². The van der Waals surface area contributed by atoms with E-state index >= 15 is 0 Å². The van der Waals surface area contributed by atoms with E-state index in [1.807, 2.05) is 25.1 Å². The van der Waals surface area contributed by atoms with Crippen molar-refractivity contribution < 1.29 is 23.8 Å². The minimum atomic E-state index is -0.682. The van der Waals surface area contributed by atoms with Gasteiger partial charge in [0.1, 0.15) is 0 Å². The molecule has 2 aromatic rings. The third-order valence-corrected chi connectivity index (χ3v) is 4.44. The summed E-state index contributed by atoms with van der Waals surface area (Å²) in [7, 11) is 1.46. The molecule has 0 bridgehead atoms. The predicted molar refractivity (Wildman–Crippen MR) is 113 cm³/mol. The van der Waals surface area contributed by atoms with Gasteiger partial charge in [-0.2, -0.15) is 0 Å². The summed E-state index contributed by atoms with van der Waals surface area (Å²) >= 11 is 6.27. The van der Waals surface area contributed by atoms with Gasteiger partial charge in [-0.1, -0.05) is 43.6 Å². The smallest absolute Gasteiger partial charge is 0.338 e. The van der Waals surface area contributed by atoms with Crippen LogP contribution in [-0.2, 0) is 9.53 Å². The number of hydrogen-bond donors (Lipinski definition) is 1. The first kappa shape index (κ1) is 22.6. The molecule has 0 atom stereocenters. The van der Waals surface area contributed by atoms with Crippen molar-refractivity contribution in [1.82, 2.24) is 0 Å². The maximum absolute atomic E-state index is 12.3. The molecule has 0 unspecified atom stereocenters. The van der Waals surface area contributed by atoms with Gasteiger partial charge < -0.3 is 19.5 Å². The number of rotatable bonds is 9. The first-order chi connectivity index (χ1) is 13.8. The van der Waals surface area contributed by atoms with Crippen LogP contribution in [0.2, 0.25) is 5.02 Å². The van der Waals surface area contributed by atoms with Gasteiger partial charge in [-0.15, -0.1) is 0 Å². The van der Waals surface area contributed by atoms with Gasteiger partial charge in [-0.05, 0) is 43.0 Å². The van der Waals surface area contributed by atoms with Crippen LogP contribution in [0.3, 0.4) is 0 Å². The molecule has 6 nitrogen and oxygen atoms in total. The third kappa shape index (κ3) is 6.68. The minimum Gasteiger partial charge on any atom is -0.493 e. The number of benzene rings is 2. The van der Waals surface area contributed by atoms with Crippen LogP contribution in [0.25, 0.3) is 0 Å². The summed E-state index contributed by atoms with van der Waals surface area (Å²) in [4.78, 5) is 24.4. The lowest BCUT2D eigenvalue weighted by molar-refractivity contribution is -0.119.